The Bertz CT molecular complexity index is 1260. The van der Waals surface area contributed by atoms with Crippen molar-refractivity contribution in [3.8, 4) is 0 Å². The van der Waals surface area contributed by atoms with Crippen LogP contribution >= 0.6 is 0 Å². The maximum absolute atomic E-state index is 14.0. The van der Waals surface area contributed by atoms with E-state index in [4.69, 9.17) is 15.1 Å². The van der Waals surface area contributed by atoms with E-state index in [9.17, 15) is 8.78 Å². The lowest BCUT2D eigenvalue weighted by Crippen LogP contribution is -2.34. The number of nitrogens with zero attached hydrogens (tertiary/aromatic N) is 6. The molecule has 9 heteroatoms. The highest BCUT2D eigenvalue weighted by Gasteiger charge is 2.39. The largest absolute Gasteiger partial charge is 0.375 e. The Morgan fingerprint density at radius 2 is 1.95 bits per heavy atom. The lowest BCUT2D eigenvalue weighted by atomic mass is 9.71. The van der Waals surface area contributed by atoms with E-state index in [0.717, 1.165) is 35.6 Å². The third-order valence-electron chi connectivity index (χ3n) is 8.34. The summed E-state index contributed by atoms with van der Waals surface area (Å²) in [5.41, 5.74) is 4.62. The van der Waals surface area contributed by atoms with Gasteiger partial charge in [0.25, 0.3) is 5.78 Å². The van der Waals surface area contributed by atoms with E-state index < -0.39 is 5.92 Å². The molecule has 0 bridgehead atoms. The highest BCUT2D eigenvalue weighted by atomic mass is 19.3. The molecule has 200 valence electrons. The van der Waals surface area contributed by atoms with E-state index in [1.54, 1.807) is 10.7 Å². The summed E-state index contributed by atoms with van der Waals surface area (Å²) in [7, 11) is 0. The van der Waals surface area contributed by atoms with Crippen molar-refractivity contribution in [1.29, 1.82) is 0 Å². The maximum atomic E-state index is 14.0. The van der Waals surface area contributed by atoms with Crippen LogP contribution in [-0.4, -0.2) is 35.3 Å². The van der Waals surface area contributed by atoms with Gasteiger partial charge in [-0.05, 0) is 63.4 Å². The summed E-state index contributed by atoms with van der Waals surface area (Å²) >= 11 is 0. The molecule has 0 aliphatic heterocycles. The number of rotatable bonds is 7. The van der Waals surface area contributed by atoms with Crippen LogP contribution in [0.3, 0.4) is 0 Å². The Morgan fingerprint density at radius 3 is 2.65 bits per heavy atom. The Morgan fingerprint density at radius 1 is 1.19 bits per heavy atom. The number of halogens is 2. The van der Waals surface area contributed by atoms with E-state index in [2.05, 4.69) is 30.8 Å². The fourth-order valence-corrected chi connectivity index (χ4v) is 6.33. The molecule has 37 heavy (non-hydrogen) atoms. The summed E-state index contributed by atoms with van der Waals surface area (Å²) in [6.45, 7) is 13.7. The third-order valence-corrected chi connectivity index (χ3v) is 8.34. The predicted octanol–water partition coefficient (Wildman–Crippen LogP) is 6.46. The second-order valence-electron chi connectivity index (χ2n) is 11.8. The van der Waals surface area contributed by atoms with Crippen LogP contribution in [0, 0.1) is 18.3 Å². The first-order valence-corrected chi connectivity index (χ1v) is 13.6. The molecule has 0 radical (unpaired) electrons. The first-order valence-electron chi connectivity index (χ1n) is 13.6. The molecular formula is C28H39F2N7. The van der Waals surface area contributed by atoms with E-state index in [1.807, 2.05) is 30.8 Å². The standard InChI is InChI=1S/C28H39F2N7/c1-6-36-23(11-15-31-36)18(2)32-25(20-9-13-28(29,30)14-10-20)22-17-37-26(33-22)34-24(19(3)35-37)21-8-7-12-27(4,5)16-21/h11,15,17,20-21,25,32H,2,6-10,12-14,16H2,1,3-5H3. The molecular weight excluding hydrogens is 472 g/mol. The van der Waals surface area contributed by atoms with Crippen molar-refractivity contribution in [1.82, 2.24) is 34.7 Å². The van der Waals surface area contributed by atoms with Gasteiger partial charge in [-0.3, -0.25) is 4.68 Å². The topological polar surface area (TPSA) is 72.9 Å². The molecule has 5 rings (SSSR count). The van der Waals surface area contributed by atoms with Crippen LogP contribution in [0.1, 0.15) is 107 Å². The zero-order valence-electron chi connectivity index (χ0n) is 22.5. The number of aryl methyl sites for hydroxylation is 2. The average Bonchev–Trinajstić information content (AvgIpc) is 3.48. The average molecular weight is 512 g/mol. The van der Waals surface area contributed by atoms with Crippen LogP contribution in [0.15, 0.2) is 25.0 Å². The smallest absolute Gasteiger partial charge is 0.251 e. The normalized spacial score (nSPS) is 22.7. The van der Waals surface area contributed by atoms with Gasteiger partial charge in [-0.2, -0.15) is 10.2 Å². The van der Waals surface area contributed by atoms with Crippen LogP contribution in [-0.2, 0) is 6.54 Å². The van der Waals surface area contributed by atoms with Crippen molar-refractivity contribution in [2.24, 2.45) is 11.3 Å². The van der Waals surface area contributed by atoms with Gasteiger partial charge in [0, 0.05) is 31.5 Å². The third kappa shape index (κ3) is 5.41. The summed E-state index contributed by atoms with van der Waals surface area (Å²) in [5, 5.41) is 12.7. The molecule has 2 aliphatic rings. The minimum absolute atomic E-state index is 0.000929. The van der Waals surface area contributed by atoms with E-state index in [1.165, 1.54) is 12.8 Å². The Hall–Kier alpha value is -2.84. The van der Waals surface area contributed by atoms with E-state index in [-0.39, 0.29) is 24.8 Å². The van der Waals surface area contributed by atoms with Crippen molar-refractivity contribution >= 4 is 11.5 Å². The zero-order chi connectivity index (χ0) is 26.4. The van der Waals surface area contributed by atoms with Crippen LogP contribution in [0.2, 0.25) is 0 Å². The monoisotopic (exact) mass is 511 g/mol. The van der Waals surface area contributed by atoms with Crippen LogP contribution in [0.25, 0.3) is 11.5 Å². The second-order valence-corrected chi connectivity index (χ2v) is 11.8. The molecule has 2 unspecified atom stereocenters. The summed E-state index contributed by atoms with van der Waals surface area (Å²) in [4.78, 5) is 9.91. The van der Waals surface area contributed by atoms with Crippen LogP contribution < -0.4 is 5.32 Å². The molecule has 1 N–H and O–H groups in total. The molecule has 3 aromatic heterocycles. The quantitative estimate of drug-likeness (QED) is 0.394. The van der Waals surface area contributed by atoms with E-state index >= 15 is 0 Å². The van der Waals surface area contributed by atoms with Gasteiger partial charge in [0.05, 0.1) is 40.7 Å². The summed E-state index contributed by atoms with van der Waals surface area (Å²) in [6.07, 6.45) is 8.91. The zero-order valence-corrected chi connectivity index (χ0v) is 22.5. The molecule has 3 aromatic rings. The van der Waals surface area contributed by atoms with Crippen molar-refractivity contribution in [3.63, 3.8) is 0 Å². The highest BCUT2D eigenvalue weighted by Crippen LogP contribution is 2.44. The van der Waals surface area contributed by atoms with E-state index in [0.29, 0.717) is 42.2 Å². The Labute approximate surface area is 217 Å². The Kier molecular flexibility index (Phi) is 6.83. The number of fused-ring (bicyclic) bond motifs is 1. The molecule has 3 heterocycles. The van der Waals surface area contributed by atoms with Crippen LogP contribution in [0.4, 0.5) is 8.78 Å². The molecule has 0 aromatic carbocycles. The van der Waals surface area contributed by atoms with Crippen molar-refractivity contribution < 1.29 is 8.78 Å². The Balaban J connectivity index is 1.47. The van der Waals surface area contributed by atoms with Crippen LogP contribution in [0.5, 0.6) is 0 Å². The molecule has 2 fully saturated rings. The molecule has 0 amide bonds. The minimum Gasteiger partial charge on any atom is -0.375 e. The van der Waals surface area contributed by atoms with Gasteiger partial charge >= 0.3 is 0 Å². The minimum atomic E-state index is -2.60. The summed E-state index contributed by atoms with van der Waals surface area (Å²) < 4.78 is 31.7. The number of hydrogen-bond acceptors (Lipinski definition) is 5. The lowest BCUT2D eigenvalue weighted by molar-refractivity contribution is -0.0493. The number of alkyl halides is 2. The molecule has 2 saturated carbocycles. The summed E-state index contributed by atoms with van der Waals surface area (Å²) in [5.74, 6) is -1.65. The van der Waals surface area contributed by atoms with Gasteiger partial charge in [0.1, 0.15) is 0 Å². The van der Waals surface area contributed by atoms with Crippen molar-refractivity contribution in [2.45, 2.75) is 103 Å². The number of hydrogen-bond donors (Lipinski definition) is 1. The predicted molar refractivity (Wildman–Crippen MR) is 140 cm³/mol. The first-order chi connectivity index (χ1) is 17.5. The van der Waals surface area contributed by atoms with Crippen molar-refractivity contribution in [3.05, 3.63) is 47.8 Å². The highest BCUT2D eigenvalue weighted by molar-refractivity contribution is 5.59. The van der Waals surface area contributed by atoms with Gasteiger partial charge in [0.2, 0.25) is 5.92 Å². The molecule has 2 aliphatic carbocycles. The van der Waals surface area contributed by atoms with Gasteiger partial charge in [-0.25, -0.2) is 23.3 Å². The fourth-order valence-electron chi connectivity index (χ4n) is 6.33. The number of nitrogens with one attached hydrogen (secondary N) is 1. The van der Waals surface area contributed by atoms with Gasteiger partial charge in [-0.1, -0.05) is 26.8 Å². The summed E-state index contributed by atoms with van der Waals surface area (Å²) in [6, 6.07) is 1.64. The maximum Gasteiger partial charge on any atom is 0.251 e. The van der Waals surface area contributed by atoms with Gasteiger partial charge in [-0.15, -0.1) is 0 Å². The molecule has 2 atom stereocenters. The first kappa shape index (κ1) is 25.8. The number of aromatic nitrogens is 6. The van der Waals surface area contributed by atoms with Gasteiger partial charge in [0.15, 0.2) is 0 Å². The van der Waals surface area contributed by atoms with Gasteiger partial charge < -0.3 is 5.32 Å². The second kappa shape index (κ2) is 9.80. The van der Waals surface area contributed by atoms with Crippen molar-refractivity contribution in [2.75, 3.05) is 0 Å². The molecule has 0 saturated heterocycles. The lowest BCUT2D eigenvalue weighted by Gasteiger charge is -2.35. The number of imidazole rings is 1. The fraction of sp³-hybridized carbons (Fsp3) is 0.643. The SMILES string of the molecule is C=C(NC(c1cn2nc(C)c(C3CCCC(C)(C)C3)nc2n1)C1CCC(F)(F)CC1)c1ccnn1CC. The molecule has 7 nitrogen and oxygen atoms in total. The molecule has 0 spiro atoms.